The Morgan fingerprint density at radius 2 is 1.97 bits per heavy atom. The lowest BCUT2D eigenvalue weighted by Gasteiger charge is -2.07. The number of hydrogen-bond acceptors (Lipinski definition) is 6. The van der Waals surface area contributed by atoms with Crippen LogP contribution in [0.3, 0.4) is 0 Å². The number of carbonyl (C=O) groups is 1. The summed E-state index contributed by atoms with van der Waals surface area (Å²) < 4.78 is 5.20. The molecule has 0 unspecified atom stereocenters. The molecule has 0 saturated heterocycles. The van der Waals surface area contributed by atoms with Gasteiger partial charge in [0, 0.05) is 27.1 Å². The molecule has 0 radical (unpaired) electrons. The summed E-state index contributed by atoms with van der Waals surface area (Å²) in [5.41, 5.74) is 0.843. The molecule has 0 saturated carbocycles. The number of hydrogen-bond donors (Lipinski definition) is 1. The smallest absolute Gasteiger partial charge is 0.332 e. The summed E-state index contributed by atoms with van der Waals surface area (Å²) >= 11 is 1.56. The first-order valence-electron chi connectivity index (χ1n) is 9.17. The maximum atomic E-state index is 12.4. The van der Waals surface area contributed by atoms with Crippen molar-refractivity contribution in [3.8, 4) is 0 Å². The van der Waals surface area contributed by atoms with Crippen LogP contribution in [0.25, 0.3) is 21.4 Å². The largest absolute Gasteiger partial charge is 0.350 e. The van der Waals surface area contributed by atoms with Crippen LogP contribution in [0.4, 0.5) is 0 Å². The highest BCUT2D eigenvalue weighted by Gasteiger charge is 2.14. The Hall–Kier alpha value is -3.27. The minimum atomic E-state index is -0.415. The van der Waals surface area contributed by atoms with Crippen molar-refractivity contribution in [1.82, 2.24) is 29.0 Å². The number of amides is 1. The van der Waals surface area contributed by atoms with Gasteiger partial charge in [0.2, 0.25) is 5.91 Å². The van der Waals surface area contributed by atoms with Crippen molar-refractivity contribution in [2.24, 2.45) is 14.1 Å². The second-order valence-electron chi connectivity index (χ2n) is 6.77. The molecule has 1 amide bonds. The van der Waals surface area contributed by atoms with E-state index in [1.54, 1.807) is 23.0 Å². The van der Waals surface area contributed by atoms with E-state index in [0.29, 0.717) is 37.1 Å². The first-order valence-corrected chi connectivity index (χ1v) is 9.99. The molecule has 0 atom stereocenters. The van der Waals surface area contributed by atoms with E-state index in [-0.39, 0.29) is 11.5 Å². The van der Waals surface area contributed by atoms with Crippen LogP contribution in [-0.4, -0.2) is 29.6 Å². The second-order valence-corrected chi connectivity index (χ2v) is 7.89. The number of nitrogens with one attached hydrogen (secondary N) is 1. The summed E-state index contributed by atoms with van der Waals surface area (Å²) in [7, 11) is 3.02. The van der Waals surface area contributed by atoms with Gasteiger partial charge in [-0.3, -0.25) is 18.7 Å². The third-order valence-electron chi connectivity index (χ3n) is 4.80. The second kappa shape index (κ2) is 7.63. The first-order chi connectivity index (χ1) is 14.0. The molecule has 10 heteroatoms. The van der Waals surface area contributed by atoms with Gasteiger partial charge in [-0.1, -0.05) is 12.1 Å². The Balaban J connectivity index is 1.37. The summed E-state index contributed by atoms with van der Waals surface area (Å²) in [6, 6.07) is 7.86. The van der Waals surface area contributed by atoms with Crippen LogP contribution in [0, 0.1) is 0 Å². The van der Waals surface area contributed by atoms with Crippen molar-refractivity contribution >= 4 is 38.6 Å². The van der Waals surface area contributed by atoms with Crippen molar-refractivity contribution in [3.63, 3.8) is 0 Å². The van der Waals surface area contributed by atoms with Crippen molar-refractivity contribution in [2.75, 3.05) is 0 Å². The fourth-order valence-corrected chi connectivity index (χ4v) is 4.14. The van der Waals surface area contributed by atoms with Crippen LogP contribution in [0.1, 0.15) is 17.8 Å². The molecule has 0 aliphatic carbocycles. The molecule has 1 N–H and O–H groups in total. The number of para-hydroxylation sites is 1. The van der Waals surface area contributed by atoms with Crippen LogP contribution >= 0.6 is 11.3 Å². The molecular weight excluding hydrogens is 392 g/mol. The predicted molar refractivity (Wildman–Crippen MR) is 111 cm³/mol. The summed E-state index contributed by atoms with van der Waals surface area (Å²) in [5.74, 6) is -0.0750. The number of thiazole rings is 1. The van der Waals surface area contributed by atoms with E-state index in [9.17, 15) is 14.4 Å². The number of rotatable bonds is 6. The van der Waals surface area contributed by atoms with Gasteiger partial charge in [0.25, 0.3) is 5.56 Å². The highest BCUT2D eigenvalue weighted by Crippen LogP contribution is 2.21. The van der Waals surface area contributed by atoms with Crippen molar-refractivity contribution in [1.29, 1.82) is 0 Å². The van der Waals surface area contributed by atoms with Gasteiger partial charge >= 0.3 is 5.69 Å². The number of imidazole rings is 1. The van der Waals surface area contributed by atoms with Gasteiger partial charge in [-0.25, -0.2) is 14.8 Å². The minimum absolute atomic E-state index is 0.0750. The predicted octanol–water partition coefficient (Wildman–Crippen LogP) is 1.14. The van der Waals surface area contributed by atoms with E-state index in [1.807, 2.05) is 24.3 Å². The number of benzene rings is 1. The molecule has 29 heavy (non-hydrogen) atoms. The van der Waals surface area contributed by atoms with Gasteiger partial charge < -0.3 is 9.88 Å². The van der Waals surface area contributed by atoms with E-state index in [2.05, 4.69) is 15.3 Å². The molecule has 0 aliphatic heterocycles. The van der Waals surface area contributed by atoms with Gasteiger partial charge in [-0.05, 0) is 18.6 Å². The third kappa shape index (κ3) is 3.58. The molecule has 1 aromatic carbocycles. The van der Waals surface area contributed by atoms with Gasteiger partial charge in [-0.15, -0.1) is 11.3 Å². The molecule has 3 heterocycles. The lowest BCUT2D eigenvalue weighted by Crippen LogP contribution is -2.37. The zero-order valence-corrected chi connectivity index (χ0v) is 16.9. The van der Waals surface area contributed by atoms with Crippen molar-refractivity contribution < 1.29 is 4.79 Å². The molecule has 3 aromatic heterocycles. The fourth-order valence-electron chi connectivity index (χ4n) is 3.23. The lowest BCUT2D eigenvalue weighted by molar-refractivity contribution is -0.121. The van der Waals surface area contributed by atoms with Crippen molar-refractivity contribution in [2.45, 2.75) is 25.9 Å². The number of nitrogens with zero attached hydrogens (tertiary/aromatic N) is 5. The van der Waals surface area contributed by atoms with E-state index < -0.39 is 5.69 Å². The van der Waals surface area contributed by atoms with Gasteiger partial charge in [0.15, 0.2) is 11.2 Å². The topological polar surface area (TPSA) is 104 Å². The first kappa shape index (κ1) is 19.1. The van der Waals surface area contributed by atoms with Crippen LogP contribution in [0.5, 0.6) is 0 Å². The highest BCUT2D eigenvalue weighted by atomic mass is 32.1. The molecule has 0 bridgehead atoms. The molecule has 0 spiro atoms. The third-order valence-corrected chi connectivity index (χ3v) is 5.83. The maximum absolute atomic E-state index is 12.4. The number of aromatic nitrogens is 5. The van der Waals surface area contributed by atoms with E-state index >= 15 is 0 Å². The van der Waals surface area contributed by atoms with Crippen LogP contribution in [0.2, 0.25) is 0 Å². The zero-order chi connectivity index (χ0) is 20.5. The molecule has 0 fully saturated rings. The van der Waals surface area contributed by atoms with Gasteiger partial charge in [-0.2, -0.15) is 0 Å². The van der Waals surface area contributed by atoms with Crippen LogP contribution < -0.4 is 16.6 Å². The zero-order valence-electron chi connectivity index (χ0n) is 16.1. The molecule has 9 nitrogen and oxygen atoms in total. The average Bonchev–Trinajstić information content (AvgIpc) is 3.33. The van der Waals surface area contributed by atoms with E-state index in [1.165, 1.54) is 17.9 Å². The van der Waals surface area contributed by atoms with E-state index in [0.717, 1.165) is 19.8 Å². The number of carbonyl (C=O) groups excluding carboxylic acids is 1. The van der Waals surface area contributed by atoms with Crippen molar-refractivity contribution in [3.05, 3.63) is 56.4 Å². The molecular formula is C19H20N6O3S. The molecule has 150 valence electrons. The summed E-state index contributed by atoms with van der Waals surface area (Å²) in [5, 5.41) is 3.75. The lowest BCUT2D eigenvalue weighted by atomic mass is 10.3. The fraction of sp³-hybridized carbons (Fsp3) is 0.316. The van der Waals surface area contributed by atoms with Crippen LogP contribution in [0.15, 0.2) is 40.2 Å². The normalized spacial score (nSPS) is 11.4. The minimum Gasteiger partial charge on any atom is -0.350 e. The number of fused-ring (bicyclic) bond motifs is 2. The summed E-state index contributed by atoms with van der Waals surface area (Å²) in [6.45, 7) is 0.855. The highest BCUT2D eigenvalue weighted by molar-refractivity contribution is 7.18. The Bertz CT molecular complexity index is 1300. The Labute approximate surface area is 169 Å². The number of aryl methyl sites for hydroxylation is 2. The SMILES string of the molecule is Cn1c(=O)c2c(ncn2CCCC(=O)NCc2nc3ccccc3s2)n(C)c1=O. The van der Waals surface area contributed by atoms with Gasteiger partial charge in [0.05, 0.1) is 23.1 Å². The molecule has 4 aromatic rings. The van der Waals surface area contributed by atoms with E-state index in [4.69, 9.17) is 0 Å². The quantitative estimate of drug-likeness (QED) is 0.511. The van der Waals surface area contributed by atoms with Gasteiger partial charge in [0.1, 0.15) is 5.01 Å². The average molecular weight is 412 g/mol. The molecule has 4 rings (SSSR count). The standard InChI is InChI=1S/C19H20N6O3S/c1-23-17-16(18(27)24(2)19(23)28)25(11-21-17)9-5-8-14(26)20-10-15-22-12-6-3-4-7-13(12)29-15/h3-4,6-7,11H,5,8-10H2,1-2H3,(H,20,26). The summed E-state index contributed by atoms with van der Waals surface area (Å²) in [6.07, 6.45) is 2.39. The Morgan fingerprint density at radius 3 is 2.76 bits per heavy atom. The Kier molecular flexibility index (Phi) is 5.01. The Morgan fingerprint density at radius 1 is 1.17 bits per heavy atom. The summed E-state index contributed by atoms with van der Waals surface area (Å²) in [4.78, 5) is 45.3. The maximum Gasteiger partial charge on any atom is 0.332 e. The monoisotopic (exact) mass is 412 g/mol. The van der Waals surface area contributed by atoms with Crippen LogP contribution in [-0.2, 0) is 32.0 Å². The molecule has 0 aliphatic rings.